The predicted octanol–water partition coefficient (Wildman–Crippen LogP) is 1.69. The Hall–Kier alpha value is -1.57. The molecule has 0 aromatic heterocycles. The van der Waals surface area contributed by atoms with Crippen LogP contribution < -0.4 is 10.1 Å². The van der Waals surface area contributed by atoms with Crippen molar-refractivity contribution in [2.45, 2.75) is 32.4 Å². The average molecular weight is 248 g/mol. The Labute approximate surface area is 108 Å². The zero-order valence-electron chi connectivity index (χ0n) is 11.1. The molecule has 0 aliphatic carbocycles. The summed E-state index contributed by atoms with van der Waals surface area (Å²) in [4.78, 5) is 0. The van der Waals surface area contributed by atoms with Gasteiger partial charge in [0, 0.05) is 12.1 Å². The van der Waals surface area contributed by atoms with Crippen LogP contribution in [0.5, 0.6) is 5.75 Å². The highest BCUT2D eigenvalue weighted by Crippen LogP contribution is 2.16. The van der Waals surface area contributed by atoms with Crippen molar-refractivity contribution in [1.29, 1.82) is 5.26 Å². The number of hydrogen-bond donors (Lipinski definition) is 2. The number of nitriles is 1. The lowest BCUT2D eigenvalue weighted by Gasteiger charge is -2.23. The van der Waals surface area contributed by atoms with Crippen LogP contribution in [-0.2, 0) is 0 Å². The van der Waals surface area contributed by atoms with Crippen molar-refractivity contribution in [2.24, 2.45) is 0 Å². The van der Waals surface area contributed by atoms with Crippen LogP contribution in [0.4, 0.5) is 0 Å². The van der Waals surface area contributed by atoms with Gasteiger partial charge < -0.3 is 15.2 Å². The number of aliphatic hydroxyl groups excluding tert-OH is 1. The van der Waals surface area contributed by atoms with Gasteiger partial charge in [0.05, 0.1) is 5.56 Å². The van der Waals surface area contributed by atoms with Gasteiger partial charge in [-0.2, -0.15) is 5.26 Å². The molecule has 0 saturated heterocycles. The highest BCUT2D eigenvalue weighted by atomic mass is 16.5. The zero-order valence-corrected chi connectivity index (χ0v) is 11.1. The van der Waals surface area contributed by atoms with Crippen LogP contribution in [-0.4, -0.2) is 29.9 Å². The van der Waals surface area contributed by atoms with E-state index in [2.05, 4.69) is 11.4 Å². The molecule has 4 heteroatoms. The lowest BCUT2D eigenvalue weighted by Crippen LogP contribution is -2.42. The van der Waals surface area contributed by atoms with Crippen molar-refractivity contribution in [3.8, 4) is 11.8 Å². The third-order valence-corrected chi connectivity index (χ3v) is 2.31. The number of para-hydroxylation sites is 1. The fourth-order valence-corrected chi connectivity index (χ4v) is 1.35. The monoisotopic (exact) mass is 248 g/mol. The second-order valence-corrected chi connectivity index (χ2v) is 5.20. The smallest absolute Gasteiger partial charge is 0.137 e. The minimum atomic E-state index is -0.601. The van der Waals surface area contributed by atoms with Crippen LogP contribution in [0, 0.1) is 11.3 Å². The van der Waals surface area contributed by atoms with Crippen molar-refractivity contribution in [2.75, 3.05) is 13.2 Å². The van der Waals surface area contributed by atoms with Crippen LogP contribution in [0.25, 0.3) is 0 Å². The normalized spacial score (nSPS) is 12.8. The minimum absolute atomic E-state index is 0.0362. The van der Waals surface area contributed by atoms with Crippen molar-refractivity contribution in [3.05, 3.63) is 29.8 Å². The van der Waals surface area contributed by atoms with Gasteiger partial charge in [-0.3, -0.25) is 0 Å². The van der Waals surface area contributed by atoms with Gasteiger partial charge in [-0.15, -0.1) is 0 Å². The van der Waals surface area contributed by atoms with E-state index in [0.717, 1.165) is 0 Å². The van der Waals surface area contributed by atoms with Gasteiger partial charge in [0.1, 0.15) is 24.5 Å². The summed E-state index contributed by atoms with van der Waals surface area (Å²) in [5.74, 6) is 0.509. The molecule has 0 unspecified atom stereocenters. The van der Waals surface area contributed by atoms with E-state index in [-0.39, 0.29) is 12.1 Å². The Morgan fingerprint density at radius 3 is 2.67 bits per heavy atom. The lowest BCUT2D eigenvalue weighted by molar-refractivity contribution is 0.0999. The molecular formula is C14H20N2O2. The topological polar surface area (TPSA) is 65.3 Å². The maximum absolute atomic E-state index is 9.77. The van der Waals surface area contributed by atoms with E-state index < -0.39 is 6.10 Å². The first-order valence-corrected chi connectivity index (χ1v) is 5.97. The van der Waals surface area contributed by atoms with Crippen LogP contribution in [0.15, 0.2) is 24.3 Å². The van der Waals surface area contributed by atoms with Crippen molar-refractivity contribution >= 4 is 0 Å². The van der Waals surface area contributed by atoms with E-state index in [4.69, 9.17) is 10.00 Å². The maximum atomic E-state index is 9.77. The second kappa shape index (κ2) is 6.39. The summed E-state index contributed by atoms with van der Waals surface area (Å²) in [6.07, 6.45) is -0.601. The Balaban J connectivity index is 2.43. The molecule has 0 heterocycles. The number of hydrogen-bond acceptors (Lipinski definition) is 4. The summed E-state index contributed by atoms with van der Waals surface area (Å²) in [6, 6.07) is 9.05. The van der Waals surface area contributed by atoms with Crippen LogP contribution in [0.2, 0.25) is 0 Å². The van der Waals surface area contributed by atoms with Crippen LogP contribution in [0.3, 0.4) is 0 Å². The summed E-state index contributed by atoms with van der Waals surface area (Å²) in [5.41, 5.74) is 0.444. The molecular weight excluding hydrogens is 228 g/mol. The van der Waals surface area contributed by atoms with Gasteiger partial charge in [0.25, 0.3) is 0 Å². The van der Waals surface area contributed by atoms with E-state index in [1.807, 2.05) is 20.8 Å². The first-order valence-electron chi connectivity index (χ1n) is 5.97. The average Bonchev–Trinajstić information content (AvgIpc) is 2.33. The van der Waals surface area contributed by atoms with E-state index in [0.29, 0.717) is 17.9 Å². The highest BCUT2D eigenvalue weighted by Gasteiger charge is 2.13. The maximum Gasteiger partial charge on any atom is 0.137 e. The molecule has 1 rings (SSSR count). The Morgan fingerprint density at radius 2 is 2.06 bits per heavy atom. The molecule has 0 aliphatic rings. The van der Waals surface area contributed by atoms with Crippen molar-refractivity contribution in [1.82, 2.24) is 5.32 Å². The molecule has 1 atom stereocenters. The van der Waals surface area contributed by atoms with Gasteiger partial charge in [-0.25, -0.2) is 0 Å². The Bertz CT molecular complexity index is 419. The Morgan fingerprint density at radius 1 is 1.39 bits per heavy atom. The van der Waals surface area contributed by atoms with Crippen molar-refractivity contribution in [3.63, 3.8) is 0 Å². The second-order valence-electron chi connectivity index (χ2n) is 5.20. The highest BCUT2D eigenvalue weighted by molar-refractivity contribution is 5.42. The fraction of sp³-hybridized carbons (Fsp3) is 0.500. The summed E-state index contributed by atoms with van der Waals surface area (Å²) >= 11 is 0. The summed E-state index contributed by atoms with van der Waals surface area (Å²) in [5, 5.41) is 21.8. The van der Waals surface area contributed by atoms with Gasteiger partial charge in [-0.1, -0.05) is 12.1 Å². The van der Waals surface area contributed by atoms with Gasteiger partial charge in [0.15, 0.2) is 0 Å². The Kier molecular flexibility index (Phi) is 5.14. The van der Waals surface area contributed by atoms with E-state index in [1.165, 1.54) is 0 Å². The van der Waals surface area contributed by atoms with E-state index in [9.17, 15) is 5.11 Å². The molecule has 18 heavy (non-hydrogen) atoms. The zero-order chi connectivity index (χ0) is 13.6. The first kappa shape index (κ1) is 14.5. The standard InChI is InChI=1S/C14H20N2O2/c1-14(2,3)16-9-12(17)10-18-13-7-5-4-6-11(13)8-15/h4-7,12,16-17H,9-10H2,1-3H3/t12-/m1/s1. The molecule has 0 radical (unpaired) electrons. The van der Waals surface area contributed by atoms with E-state index in [1.54, 1.807) is 24.3 Å². The fourth-order valence-electron chi connectivity index (χ4n) is 1.35. The van der Waals surface area contributed by atoms with Gasteiger partial charge in [0.2, 0.25) is 0 Å². The molecule has 0 saturated carbocycles. The number of rotatable bonds is 5. The first-order chi connectivity index (χ1) is 8.42. The van der Waals surface area contributed by atoms with Crippen LogP contribution in [0.1, 0.15) is 26.3 Å². The molecule has 98 valence electrons. The molecule has 0 fully saturated rings. The van der Waals surface area contributed by atoms with Crippen LogP contribution >= 0.6 is 0 Å². The lowest BCUT2D eigenvalue weighted by atomic mass is 10.1. The van der Waals surface area contributed by atoms with Crippen molar-refractivity contribution < 1.29 is 9.84 Å². The largest absolute Gasteiger partial charge is 0.489 e. The molecule has 1 aromatic rings. The molecule has 0 amide bonds. The quantitative estimate of drug-likeness (QED) is 0.832. The molecule has 0 bridgehead atoms. The number of nitrogens with one attached hydrogen (secondary N) is 1. The molecule has 2 N–H and O–H groups in total. The summed E-state index contributed by atoms with van der Waals surface area (Å²) < 4.78 is 5.44. The number of aliphatic hydroxyl groups is 1. The molecule has 4 nitrogen and oxygen atoms in total. The molecule has 1 aromatic carbocycles. The predicted molar refractivity (Wildman–Crippen MR) is 70.4 cm³/mol. The SMILES string of the molecule is CC(C)(C)NC[C@@H](O)COc1ccccc1C#N. The van der Waals surface area contributed by atoms with Gasteiger partial charge >= 0.3 is 0 Å². The number of β-amino-alcohol motifs (C(OH)–C–C–N with tert-alkyl or cyclic N) is 1. The number of nitrogens with zero attached hydrogens (tertiary/aromatic N) is 1. The minimum Gasteiger partial charge on any atom is -0.489 e. The van der Waals surface area contributed by atoms with E-state index >= 15 is 0 Å². The molecule has 0 aliphatic heterocycles. The summed E-state index contributed by atoms with van der Waals surface area (Å²) in [6.45, 7) is 6.72. The number of benzene rings is 1. The summed E-state index contributed by atoms with van der Waals surface area (Å²) in [7, 11) is 0. The number of ether oxygens (including phenoxy) is 1. The third kappa shape index (κ3) is 5.17. The van der Waals surface area contributed by atoms with Gasteiger partial charge in [-0.05, 0) is 32.9 Å². The third-order valence-electron chi connectivity index (χ3n) is 2.31. The molecule has 0 spiro atoms.